The van der Waals surface area contributed by atoms with Gasteiger partial charge in [-0.1, -0.05) is 44.1 Å². The van der Waals surface area contributed by atoms with E-state index in [1.807, 2.05) is 0 Å². The summed E-state index contributed by atoms with van der Waals surface area (Å²) in [7, 11) is 0. The van der Waals surface area contributed by atoms with E-state index in [-0.39, 0.29) is 0 Å². The molecule has 0 N–H and O–H groups in total. The third-order valence-corrected chi connectivity index (χ3v) is 4.13. The molecule has 2 atom stereocenters. The summed E-state index contributed by atoms with van der Waals surface area (Å²) >= 11 is 0. The minimum atomic E-state index is 0.829. The zero-order valence-corrected chi connectivity index (χ0v) is 10.2. The van der Waals surface area contributed by atoms with Crippen molar-refractivity contribution in [1.29, 1.82) is 0 Å². The highest BCUT2D eigenvalue weighted by Gasteiger charge is 2.31. The molecule has 2 unspecified atom stereocenters. The molecule has 1 fully saturated rings. The molecule has 0 aromatic rings. The van der Waals surface area contributed by atoms with E-state index in [1.165, 1.54) is 38.5 Å². The largest absolute Gasteiger partial charge is 0.0845 e. The fraction of sp³-hybridized carbons (Fsp3) is 0.733. The average Bonchev–Trinajstić information content (AvgIpc) is 2.61. The first-order valence-electron chi connectivity index (χ1n) is 6.65. The minimum Gasteiger partial charge on any atom is -0.0845 e. The monoisotopic (exact) mass is 204 g/mol. The summed E-state index contributed by atoms with van der Waals surface area (Å²) in [5.74, 6) is 2.62. The molecule has 15 heavy (non-hydrogen) atoms. The fourth-order valence-corrected chi connectivity index (χ4v) is 3.23. The zero-order valence-electron chi connectivity index (χ0n) is 10.2. The van der Waals surface area contributed by atoms with Crippen molar-refractivity contribution in [2.24, 2.45) is 17.8 Å². The molecule has 2 aliphatic rings. The molecule has 0 heterocycles. The van der Waals surface area contributed by atoms with Crippen LogP contribution in [0.5, 0.6) is 0 Å². The summed E-state index contributed by atoms with van der Waals surface area (Å²) in [5.41, 5.74) is 1.77. The highest BCUT2D eigenvalue weighted by molar-refractivity contribution is 5.22. The van der Waals surface area contributed by atoms with Crippen molar-refractivity contribution < 1.29 is 0 Å². The van der Waals surface area contributed by atoms with Gasteiger partial charge in [0.05, 0.1) is 0 Å². The number of hydrogen-bond acceptors (Lipinski definition) is 0. The van der Waals surface area contributed by atoms with E-state index < -0.39 is 0 Å². The van der Waals surface area contributed by atoms with Gasteiger partial charge < -0.3 is 0 Å². The van der Waals surface area contributed by atoms with E-state index >= 15 is 0 Å². The van der Waals surface area contributed by atoms with E-state index in [9.17, 15) is 0 Å². The Balaban J connectivity index is 2.15. The lowest BCUT2D eigenvalue weighted by Gasteiger charge is -2.19. The number of allylic oxidation sites excluding steroid dienone is 4. The molecule has 0 heteroatoms. The Morgan fingerprint density at radius 3 is 2.80 bits per heavy atom. The molecule has 0 bridgehead atoms. The second-order valence-electron chi connectivity index (χ2n) is 5.50. The smallest absolute Gasteiger partial charge is 0.0174 e. The first-order valence-corrected chi connectivity index (χ1v) is 6.65. The van der Waals surface area contributed by atoms with Crippen LogP contribution in [0.1, 0.15) is 52.4 Å². The molecule has 84 valence electrons. The van der Waals surface area contributed by atoms with Gasteiger partial charge in [0.15, 0.2) is 0 Å². The normalized spacial score (nSPS) is 37.4. The summed E-state index contributed by atoms with van der Waals surface area (Å²) in [4.78, 5) is 0. The topological polar surface area (TPSA) is 0 Å². The molecule has 0 aromatic carbocycles. The van der Waals surface area contributed by atoms with Crippen LogP contribution in [-0.2, 0) is 0 Å². The molecular weight excluding hydrogens is 180 g/mol. The summed E-state index contributed by atoms with van der Waals surface area (Å²) in [6.45, 7) is 4.76. The van der Waals surface area contributed by atoms with Gasteiger partial charge in [-0.15, -0.1) is 0 Å². The maximum Gasteiger partial charge on any atom is -0.0174 e. The molecule has 2 rings (SSSR count). The van der Waals surface area contributed by atoms with E-state index in [4.69, 9.17) is 0 Å². The highest BCUT2D eigenvalue weighted by atomic mass is 14.4. The van der Waals surface area contributed by atoms with E-state index in [2.05, 4.69) is 32.1 Å². The van der Waals surface area contributed by atoms with Crippen LogP contribution in [0.4, 0.5) is 0 Å². The van der Waals surface area contributed by atoms with Gasteiger partial charge in [-0.2, -0.15) is 0 Å². The Morgan fingerprint density at radius 2 is 2.00 bits per heavy atom. The van der Waals surface area contributed by atoms with Gasteiger partial charge in [0.1, 0.15) is 0 Å². The van der Waals surface area contributed by atoms with Gasteiger partial charge >= 0.3 is 0 Å². The Hall–Kier alpha value is -0.520. The van der Waals surface area contributed by atoms with Gasteiger partial charge in [-0.3, -0.25) is 0 Å². The van der Waals surface area contributed by atoms with Crippen molar-refractivity contribution in [1.82, 2.24) is 0 Å². The van der Waals surface area contributed by atoms with E-state index in [0.717, 1.165) is 17.8 Å². The van der Waals surface area contributed by atoms with Crippen LogP contribution in [0.2, 0.25) is 0 Å². The summed E-state index contributed by atoms with van der Waals surface area (Å²) in [5, 5.41) is 0. The average molecular weight is 204 g/mol. The maximum absolute atomic E-state index is 2.44. The van der Waals surface area contributed by atoms with Gasteiger partial charge in [-0.25, -0.2) is 0 Å². The van der Waals surface area contributed by atoms with Crippen molar-refractivity contribution in [3.8, 4) is 0 Å². The molecule has 0 radical (unpaired) electrons. The quantitative estimate of drug-likeness (QED) is 0.579. The van der Waals surface area contributed by atoms with Gasteiger partial charge in [0.25, 0.3) is 0 Å². The molecule has 0 saturated heterocycles. The van der Waals surface area contributed by atoms with Crippen LogP contribution < -0.4 is 0 Å². The van der Waals surface area contributed by atoms with Crippen LogP contribution in [-0.4, -0.2) is 0 Å². The lowest BCUT2D eigenvalue weighted by molar-refractivity contribution is 0.451. The molecular formula is C15H24. The SMILES string of the molecule is CC(C)C1CCC2CCCC/C=C/C=C\21. The minimum absolute atomic E-state index is 0.829. The van der Waals surface area contributed by atoms with Crippen molar-refractivity contribution in [2.75, 3.05) is 0 Å². The third kappa shape index (κ3) is 2.53. The maximum atomic E-state index is 2.44. The summed E-state index contributed by atoms with van der Waals surface area (Å²) in [6.07, 6.45) is 15.5. The molecule has 0 nitrogen and oxygen atoms in total. The fourth-order valence-electron chi connectivity index (χ4n) is 3.23. The predicted octanol–water partition coefficient (Wildman–Crippen LogP) is 4.73. The van der Waals surface area contributed by atoms with E-state index in [1.54, 1.807) is 5.57 Å². The number of hydrogen-bond donors (Lipinski definition) is 0. The van der Waals surface area contributed by atoms with Crippen molar-refractivity contribution >= 4 is 0 Å². The van der Waals surface area contributed by atoms with Crippen LogP contribution >= 0.6 is 0 Å². The van der Waals surface area contributed by atoms with Crippen LogP contribution in [0.15, 0.2) is 23.8 Å². The molecule has 0 amide bonds. The third-order valence-electron chi connectivity index (χ3n) is 4.13. The number of rotatable bonds is 1. The van der Waals surface area contributed by atoms with Gasteiger partial charge in [0, 0.05) is 0 Å². The first kappa shape index (κ1) is 11.0. The number of fused-ring (bicyclic) bond motifs is 1. The van der Waals surface area contributed by atoms with Crippen LogP contribution in [0, 0.1) is 17.8 Å². The van der Waals surface area contributed by atoms with Crippen LogP contribution in [0.25, 0.3) is 0 Å². The Labute approximate surface area is 94.5 Å². The Kier molecular flexibility index (Phi) is 3.66. The van der Waals surface area contributed by atoms with Gasteiger partial charge in [0.2, 0.25) is 0 Å². The van der Waals surface area contributed by atoms with Crippen molar-refractivity contribution in [3.63, 3.8) is 0 Å². The Bertz CT molecular complexity index is 257. The molecule has 0 aromatic heterocycles. The second kappa shape index (κ2) is 5.01. The lowest BCUT2D eigenvalue weighted by atomic mass is 9.86. The summed E-state index contributed by atoms with van der Waals surface area (Å²) in [6, 6.07) is 0. The van der Waals surface area contributed by atoms with Gasteiger partial charge in [-0.05, 0) is 49.9 Å². The van der Waals surface area contributed by atoms with Crippen molar-refractivity contribution in [3.05, 3.63) is 23.8 Å². The highest BCUT2D eigenvalue weighted by Crippen LogP contribution is 2.43. The predicted molar refractivity (Wildman–Crippen MR) is 66.7 cm³/mol. The van der Waals surface area contributed by atoms with Crippen LogP contribution in [0.3, 0.4) is 0 Å². The second-order valence-corrected chi connectivity index (χ2v) is 5.50. The van der Waals surface area contributed by atoms with Crippen molar-refractivity contribution in [2.45, 2.75) is 52.4 Å². The molecule has 0 spiro atoms. The van der Waals surface area contributed by atoms with E-state index in [0.29, 0.717) is 0 Å². The lowest BCUT2D eigenvalue weighted by Crippen LogP contribution is -2.08. The summed E-state index contributed by atoms with van der Waals surface area (Å²) < 4.78 is 0. The molecule has 0 aliphatic heterocycles. The standard InChI is InChI=1S/C15H24/c1-12(2)14-11-10-13-8-6-4-3-5-7-9-15(13)14/h5,7,9,12-14H,3-4,6,8,10-11H2,1-2H3/b7-5+,15-9+. The Morgan fingerprint density at radius 1 is 1.13 bits per heavy atom. The molecule has 1 saturated carbocycles. The molecule has 2 aliphatic carbocycles. The first-order chi connectivity index (χ1) is 7.29. The zero-order chi connectivity index (χ0) is 10.7.